The van der Waals surface area contributed by atoms with Crippen LogP contribution in [0.2, 0.25) is 0 Å². The van der Waals surface area contributed by atoms with E-state index in [9.17, 15) is 9.59 Å². The average Bonchev–Trinajstić information content (AvgIpc) is 3.15. The summed E-state index contributed by atoms with van der Waals surface area (Å²) >= 11 is 0. The summed E-state index contributed by atoms with van der Waals surface area (Å²) in [7, 11) is 0. The molecule has 4 N–H and O–H groups in total. The van der Waals surface area contributed by atoms with Gasteiger partial charge in [-0.1, -0.05) is 244 Å². The Bertz CT molecular complexity index is 641. The van der Waals surface area contributed by atoms with E-state index in [1.54, 1.807) is 0 Å². The predicted molar refractivity (Wildman–Crippen MR) is 233 cm³/mol. The van der Waals surface area contributed by atoms with Gasteiger partial charge in [0.2, 0.25) is 0 Å². The van der Waals surface area contributed by atoms with E-state index in [4.69, 9.17) is 20.4 Å². The Kier molecular flexibility index (Phi) is 52.8. The molecule has 0 aliphatic carbocycles. The van der Waals surface area contributed by atoms with Gasteiger partial charge in [0.1, 0.15) is 0 Å². The Hall–Kier alpha value is -1.14. The SMILES string of the molecule is O=C(O)CCCCCCCCCCCCCCCCCCCCCCCO.O=C(O)CCCCCCCCCCCCCCCCCCCCCCCO. The minimum atomic E-state index is -0.656. The highest BCUT2D eigenvalue weighted by atomic mass is 16.4. The Labute approximate surface area is 336 Å². The van der Waals surface area contributed by atoms with Gasteiger partial charge in [0.05, 0.1) is 0 Å². The summed E-state index contributed by atoms with van der Waals surface area (Å²) in [5.41, 5.74) is 0. The van der Waals surface area contributed by atoms with Crippen molar-refractivity contribution in [2.45, 2.75) is 283 Å². The zero-order valence-electron chi connectivity index (χ0n) is 36.1. The fourth-order valence-electron chi connectivity index (χ4n) is 7.49. The highest BCUT2D eigenvalue weighted by Crippen LogP contribution is 2.17. The first kappa shape index (κ1) is 55.0. The number of carboxylic acid groups (broad SMARTS) is 2. The lowest BCUT2D eigenvalue weighted by atomic mass is 10.0. The van der Waals surface area contributed by atoms with Crippen molar-refractivity contribution < 1.29 is 30.0 Å². The lowest BCUT2D eigenvalue weighted by molar-refractivity contribution is -0.138. The minimum absolute atomic E-state index is 0.339. The van der Waals surface area contributed by atoms with Crippen molar-refractivity contribution in [3.05, 3.63) is 0 Å². The third kappa shape index (κ3) is 57.6. The minimum Gasteiger partial charge on any atom is -0.481 e. The second kappa shape index (κ2) is 51.9. The molecule has 0 unspecified atom stereocenters. The molecule has 6 heteroatoms. The topological polar surface area (TPSA) is 115 Å². The van der Waals surface area contributed by atoms with E-state index >= 15 is 0 Å². The Balaban J connectivity index is 0. The van der Waals surface area contributed by atoms with E-state index in [0.29, 0.717) is 26.1 Å². The lowest BCUT2D eigenvalue weighted by Crippen LogP contribution is -1.93. The number of rotatable bonds is 46. The number of aliphatic hydroxyl groups is 2. The highest BCUT2D eigenvalue weighted by molar-refractivity contribution is 5.66. The molecule has 0 atom stereocenters. The van der Waals surface area contributed by atoms with E-state index < -0.39 is 11.9 Å². The molecule has 0 aliphatic heterocycles. The molecule has 0 aromatic carbocycles. The predicted octanol–water partition coefficient (Wildman–Crippen LogP) is 15.3. The molecule has 324 valence electrons. The number of carboxylic acids is 2. The first-order chi connectivity index (χ1) is 26.5. The molecule has 0 radical (unpaired) electrons. The molecule has 0 heterocycles. The van der Waals surface area contributed by atoms with Gasteiger partial charge >= 0.3 is 11.9 Å². The standard InChI is InChI=1S/2C24H48O3/c2*25-23-21-19-17-15-13-11-9-7-5-3-1-2-4-6-8-10-12-14-16-18-20-22-24(26)27/h2*25H,1-23H2,(H,26,27). The summed E-state index contributed by atoms with van der Waals surface area (Å²) in [6.07, 6.45) is 55.5. The molecular formula is C48H96O6. The van der Waals surface area contributed by atoms with Crippen LogP contribution >= 0.6 is 0 Å². The van der Waals surface area contributed by atoms with Crippen LogP contribution < -0.4 is 0 Å². The number of aliphatic carboxylic acids is 2. The molecule has 0 fully saturated rings. The van der Waals surface area contributed by atoms with Gasteiger partial charge in [0, 0.05) is 26.1 Å². The summed E-state index contributed by atoms with van der Waals surface area (Å²) in [6.45, 7) is 0.717. The number of hydrogen-bond donors (Lipinski definition) is 4. The van der Waals surface area contributed by atoms with E-state index in [-0.39, 0.29) is 0 Å². The number of unbranched alkanes of at least 4 members (excludes halogenated alkanes) is 40. The van der Waals surface area contributed by atoms with Gasteiger partial charge in [-0.05, 0) is 25.7 Å². The van der Waals surface area contributed by atoms with Crippen molar-refractivity contribution in [1.82, 2.24) is 0 Å². The lowest BCUT2D eigenvalue weighted by Gasteiger charge is -2.04. The van der Waals surface area contributed by atoms with Crippen LogP contribution in [0.5, 0.6) is 0 Å². The fourth-order valence-corrected chi connectivity index (χ4v) is 7.49. The molecule has 0 amide bonds. The molecule has 0 aromatic rings. The maximum absolute atomic E-state index is 10.4. The molecule has 0 aliphatic rings. The maximum Gasteiger partial charge on any atom is 0.303 e. The molecule has 0 spiro atoms. The molecule has 0 saturated carbocycles. The van der Waals surface area contributed by atoms with Crippen molar-refractivity contribution in [2.24, 2.45) is 0 Å². The second-order valence-corrected chi connectivity index (χ2v) is 16.6. The quantitative estimate of drug-likeness (QED) is 0.0458. The van der Waals surface area contributed by atoms with Crippen molar-refractivity contribution in [3.8, 4) is 0 Å². The Morgan fingerprint density at radius 3 is 0.426 bits per heavy atom. The van der Waals surface area contributed by atoms with Crippen molar-refractivity contribution >= 4 is 11.9 Å². The fraction of sp³-hybridized carbons (Fsp3) is 0.958. The van der Waals surface area contributed by atoms with Crippen LogP contribution in [-0.4, -0.2) is 45.6 Å². The van der Waals surface area contributed by atoms with Crippen LogP contribution in [0.1, 0.15) is 283 Å². The molecule has 0 rings (SSSR count). The van der Waals surface area contributed by atoms with E-state index in [1.165, 1.54) is 231 Å². The first-order valence-electron chi connectivity index (χ1n) is 24.2. The van der Waals surface area contributed by atoms with Gasteiger partial charge in [-0.25, -0.2) is 0 Å². The van der Waals surface area contributed by atoms with E-state index in [0.717, 1.165) is 38.5 Å². The summed E-state index contributed by atoms with van der Waals surface area (Å²) in [4.78, 5) is 20.8. The molecule has 0 aromatic heterocycles. The van der Waals surface area contributed by atoms with Crippen molar-refractivity contribution in [2.75, 3.05) is 13.2 Å². The zero-order chi connectivity index (χ0) is 39.7. The van der Waals surface area contributed by atoms with Gasteiger partial charge in [0.25, 0.3) is 0 Å². The van der Waals surface area contributed by atoms with Crippen LogP contribution in [0, 0.1) is 0 Å². The van der Waals surface area contributed by atoms with Gasteiger partial charge in [0.15, 0.2) is 0 Å². The molecule has 0 bridgehead atoms. The summed E-state index contributed by atoms with van der Waals surface area (Å²) in [6, 6.07) is 0. The highest BCUT2D eigenvalue weighted by Gasteiger charge is 2.00. The summed E-state index contributed by atoms with van der Waals surface area (Å²) in [5, 5.41) is 34.6. The molecule has 6 nitrogen and oxygen atoms in total. The average molecular weight is 769 g/mol. The second-order valence-electron chi connectivity index (χ2n) is 16.6. The Morgan fingerprint density at radius 2 is 0.315 bits per heavy atom. The van der Waals surface area contributed by atoms with Crippen molar-refractivity contribution in [1.29, 1.82) is 0 Å². The van der Waals surface area contributed by atoms with E-state index in [1.807, 2.05) is 0 Å². The smallest absolute Gasteiger partial charge is 0.303 e. The van der Waals surface area contributed by atoms with Crippen LogP contribution in [-0.2, 0) is 9.59 Å². The number of aliphatic hydroxyl groups excluding tert-OH is 2. The molecule has 54 heavy (non-hydrogen) atoms. The van der Waals surface area contributed by atoms with E-state index in [2.05, 4.69) is 0 Å². The summed E-state index contributed by atoms with van der Waals surface area (Å²) in [5.74, 6) is -1.31. The van der Waals surface area contributed by atoms with Gasteiger partial charge in [-0.15, -0.1) is 0 Å². The third-order valence-electron chi connectivity index (χ3n) is 11.1. The summed E-state index contributed by atoms with van der Waals surface area (Å²) < 4.78 is 0. The van der Waals surface area contributed by atoms with Gasteiger partial charge in [-0.2, -0.15) is 0 Å². The Morgan fingerprint density at radius 1 is 0.204 bits per heavy atom. The van der Waals surface area contributed by atoms with Gasteiger partial charge in [-0.3, -0.25) is 9.59 Å². The van der Waals surface area contributed by atoms with Crippen molar-refractivity contribution in [3.63, 3.8) is 0 Å². The molecular weight excluding hydrogens is 673 g/mol. The maximum atomic E-state index is 10.4. The monoisotopic (exact) mass is 769 g/mol. The molecule has 0 saturated heterocycles. The number of carbonyl (C=O) groups is 2. The van der Waals surface area contributed by atoms with Crippen LogP contribution in [0.4, 0.5) is 0 Å². The zero-order valence-corrected chi connectivity index (χ0v) is 36.1. The largest absolute Gasteiger partial charge is 0.481 e. The first-order valence-corrected chi connectivity index (χ1v) is 24.2. The van der Waals surface area contributed by atoms with Gasteiger partial charge < -0.3 is 20.4 Å². The van der Waals surface area contributed by atoms with Crippen LogP contribution in [0.25, 0.3) is 0 Å². The normalized spacial score (nSPS) is 11.1. The van der Waals surface area contributed by atoms with Crippen LogP contribution in [0.3, 0.4) is 0 Å². The number of hydrogen-bond acceptors (Lipinski definition) is 4. The third-order valence-corrected chi connectivity index (χ3v) is 11.1. The van der Waals surface area contributed by atoms with Crippen LogP contribution in [0.15, 0.2) is 0 Å².